The molecule has 0 fully saturated rings. The molecule has 6 nitrogen and oxygen atoms in total. The average Bonchev–Trinajstić information content (AvgIpc) is 3.35. The van der Waals surface area contributed by atoms with Gasteiger partial charge in [0.1, 0.15) is 30.0 Å². The van der Waals surface area contributed by atoms with E-state index in [0.717, 1.165) is 47.5 Å². The second-order valence-electron chi connectivity index (χ2n) is 7.77. The van der Waals surface area contributed by atoms with E-state index in [1.807, 2.05) is 12.1 Å². The number of phenolic OH excluding ortho intramolecular Hbond substituents is 1. The predicted octanol–water partition coefficient (Wildman–Crippen LogP) is 2.85. The quantitative estimate of drug-likeness (QED) is 0.476. The Kier molecular flexibility index (Phi) is 4.04. The number of rotatable bonds is 3. The van der Waals surface area contributed by atoms with Crippen LogP contribution in [-0.2, 0) is 19.5 Å². The molecule has 148 valence electrons. The molecule has 1 aliphatic heterocycles. The summed E-state index contributed by atoms with van der Waals surface area (Å²) < 4.78 is 1.78. The monoisotopic (exact) mass is 414 g/mol. The van der Waals surface area contributed by atoms with Gasteiger partial charge in [-0.3, -0.25) is 0 Å². The van der Waals surface area contributed by atoms with Crippen LogP contribution in [0.15, 0.2) is 60.9 Å². The highest BCUT2D eigenvalue weighted by atomic mass is 32.1. The van der Waals surface area contributed by atoms with Crippen molar-refractivity contribution in [2.75, 3.05) is 6.54 Å². The molecule has 1 aliphatic rings. The van der Waals surface area contributed by atoms with Crippen molar-refractivity contribution in [1.82, 2.24) is 19.6 Å². The van der Waals surface area contributed by atoms with Crippen LogP contribution in [0.1, 0.15) is 16.0 Å². The first-order valence-electron chi connectivity index (χ1n) is 10.1. The SMILES string of the molecule is Oc1ccc(-c2nc3c4c5c(sc4ncn3n2)C[NH+](Cc2ccccc2)CC5)cc1. The number of thiophene rings is 1. The van der Waals surface area contributed by atoms with E-state index in [0.29, 0.717) is 5.82 Å². The molecular weight excluding hydrogens is 394 g/mol. The van der Waals surface area contributed by atoms with Crippen LogP contribution in [0.4, 0.5) is 0 Å². The molecule has 2 N–H and O–H groups in total. The minimum Gasteiger partial charge on any atom is -0.508 e. The third-order valence-electron chi connectivity index (χ3n) is 5.77. The first kappa shape index (κ1) is 17.6. The number of aromatic nitrogens is 4. The highest BCUT2D eigenvalue weighted by Gasteiger charge is 2.26. The molecule has 0 saturated heterocycles. The van der Waals surface area contributed by atoms with Gasteiger partial charge in [-0.2, -0.15) is 0 Å². The summed E-state index contributed by atoms with van der Waals surface area (Å²) in [6.07, 6.45) is 2.78. The second kappa shape index (κ2) is 6.90. The predicted molar refractivity (Wildman–Crippen MR) is 117 cm³/mol. The van der Waals surface area contributed by atoms with Crippen LogP contribution in [0.3, 0.4) is 0 Å². The minimum atomic E-state index is 0.237. The van der Waals surface area contributed by atoms with Crippen LogP contribution < -0.4 is 4.90 Å². The van der Waals surface area contributed by atoms with Crippen LogP contribution in [0, 0.1) is 0 Å². The molecule has 0 bridgehead atoms. The zero-order valence-electron chi connectivity index (χ0n) is 16.2. The maximum absolute atomic E-state index is 9.55. The van der Waals surface area contributed by atoms with Crippen molar-refractivity contribution >= 4 is 27.2 Å². The summed E-state index contributed by atoms with van der Waals surface area (Å²) in [4.78, 5) is 13.6. The third kappa shape index (κ3) is 2.94. The molecule has 0 saturated carbocycles. The Balaban J connectivity index is 1.39. The molecule has 3 aromatic heterocycles. The average molecular weight is 415 g/mol. The molecule has 7 heteroatoms. The van der Waals surface area contributed by atoms with Gasteiger partial charge in [0.15, 0.2) is 11.5 Å². The number of nitrogens with one attached hydrogen (secondary N) is 1. The fourth-order valence-electron chi connectivity index (χ4n) is 4.29. The molecule has 0 radical (unpaired) electrons. The number of phenols is 1. The minimum absolute atomic E-state index is 0.237. The topological polar surface area (TPSA) is 67.8 Å². The summed E-state index contributed by atoms with van der Waals surface area (Å²) in [6.45, 7) is 3.18. The van der Waals surface area contributed by atoms with Crippen LogP contribution in [0.2, 0.25) is 0 Å². The Bertz CT molecular complexity index is 1360. The summed E-state index contributed by atoms with van der Waals surface area (Å²) in [5, 5.41) is 15.3. The molecule has 1 unspecified atom stereocenters. The number of quaternary nitrogens is 1. The lowest BCUT2D eigenvalue weighted by atomic mass is 10.0. The van der Waals surface area contributed by atoms with Gasteiger partial charge in [-0.05, 0) is 29.8 Å². The summed E-state index contributed by atoms with van der Waals surface area (Å²) in [6, 6.07) is 17.7. The van der Waals surface area contributed by atoms with Gasteiger partial charge in [0.2, 0.25) is 0 Å². The number of hydrogen-bond acceptors (Lipinski definition) is 5. The zero-order chi connectivity index (χ0) is 20.1. The maximum Gasteiger partial charge on any atom is 0.182 e. The van der Waals surface area contributed by atoms with Gasteiger partial charge >= 0.3 is 0 Å². The number of hydrogen-bond donors (Lipinski definition) is 2. The first-order valence-corrected chi connectivity index (χ1v) is 10.9. The van der Waals surface area contributed by atoms with Gasteiger partial charge in [0.05, 0.1) is 16.8 Å². The van der Waals surface area contributed by atoms with Crippen LogP contribution in [0.25, 0.3) is 27.3 Å². The van der Waals surface area contributed by atoms with Crippen molar-refractivity contribution in [2.45, 2.75) is 19.5 Å². The lowest BCUT2D eigenvalue weighted by Crippen LogP contribution is -3.10. The van der Waals surface area contributed by atoms with Crippen molar-refractivity contribution in [3.05, 3.63) is 76.9 Å². The van der Waals surface area contributed by atoms with Gasteiger partial charge in [0.25, 0.3) is 0 Å². The lowest BCUT2D eigenvalue weighted by molar-refractivity contribution is -0.929. The smallest absolute Gasteiger partial charge is 0.182 e. The van der Waals surface area contributed by atoms with Crippen molar-refractivity contribution in [2.24, 2.45) is 0 Å². The van der Waals surface area contributed by atoms with Crippen LogP contribution >= 0.6 is 11.3 Å². The van der Waals surface area contributed by atoms with E-state index in [-0.39, 0.29) is 5.75 Å². The van der Waals surface area contributed by atoms with Gasteiger partial charge in [-0.15, -0.1) is 16.4 Å². The van der Waals surface area contributed by atoms with E-state index in [2.05, 4.69) is 40.4 Å². The summed E-state index contributed by atoms with van der Waals surface area (Å²) in [7, 11) is 0. The van der Waals surface area contributed by atoms with E-state index < -0.39 is 0 Å². The molecule has 2 aromatic carbocycles. The molecular formula is C23H20N5OS+. The molecule has 0 amide bonds. The van der Waals surface area contributed by atoms with Gasteiger partial charge in [0, 0.05) is 17.5 Å². The number of nitrogens with zero attached hydrogens (tertiary/aromatic N) is 4. The lowest BCUT2D eigenvalue weighted by Gasteiger charge is -2.24. The fourth-order valence-corrected chi connectivity index (χ4v) is 5.55. The Morgan fingerprint density at radius 2 is 1.90 bits per heavy atom. The highest BCUT2D eigenvalue weighted by Crippen LogP contribution is 2.34. The van der Waals surface area contributed by atoms with Crippen LogP contribution in [-0.4, -0.2) is 31.2 Å². The van der Waals surface area contributed by atoms with Gasteiger partial charge < -0.3 is 10.0 Å². The Morgan fingerprint density at radius 1 is 1.07 bits per heavy atom. The van der Waals surface area contributed by atoms with Crippen molar-refractivity contribution in [1.29, 1.82) is 0 Å². The largest absolute Gasteiger partial charge is 0.508 e. The summed E-state index contributed by atoms with van der Waals surface area (Å²) in [5.41, 5.74) is 4.52. The zero-order valence-corrected chi connectivity index (χ0v) is 17.1. The molecule has 1 atom stereocenters. The van der Waals surface area contributed by atoms with E-state index in [4.69, 9.17) is 4.98 Å². The Hall–Kier alpha value is -3.29. The van der Waals surface area contributed by atoms with E-state index in [1.54, 1.807) is 39.2 Å². The van der Waals surface area contributed by atoms with Gasteiger partial charge in [-0.1, -0.05) is 30.3 Å². The van der Waals surface area contributed by atoms with E-state index >= 15 is 0 Å². The first-order chi connectivity index (χ1) is 14.7. The second-order valence-corrected chi connectivity index (χ2v) is 8.85. The normalized spacial score (nSPS) is 16.2. The Labute approximate surface area is 177 Å². The third-order valence-corrected chi connectivity index (χ3v) is 6.91. The van der Waals surface area contributed by atoms with E-state index in [1.165, 1.54) is 16.0 Å². The maximum atomic E-state index is 9.55. The number of benzene rings is 2. The number of fused-ring (bicyclic) bond motifs is 5. The van der Waals surface area contributed by atoms with Crippen LogP contribution in [0.5, 0.6) is 5.75 Å². The molecule has 0 spiro atoms. The molecule has 0 aliphatic carbocycles. The van der Waals surface area contributed by atoms with Crippen molar-refractivity contribution in [3.63, 3.8) is 0 Å². The number of aromatic hydroxyl groups is 1. The summed E-state index contributed by atoms with van der Waals surface area (Å²) >= 11 is 1.79. The molecule has 5 aromatic rings. The van der Waals surface area contributed by atoms with Gasteiger partial charge in [-0.25, -0.2) is 14.5 Å². The Morgan fingerprint density at radius 3 is 2.73 bits per heavy atom. The molecule has 6 rings (SSSR count). The standard InChI is InChI=1S/C23H19N5OS/c29-17-8-6-16(7-9-17)21-25-22-20-18-10-11-27(12-15-4-2-1-3-5-15)13-19(18)30-23(20)24-14-28(22)26-21/h1-9,14,29H,10-13H2/p+1. The van der Waals surface area contributed by atoms with Crippen molar-refractivity contribution in [3.8, 4) is 17.1 Å². The fraction of sp³-hybridized carbons (Fsp3) is 0.174. The van der Waals surface area contributed by atoms with E-state index in [9.17, 15) is 5.11 Å². The molecule has 4 heterocycles. The summed E-state index contributed by atoms with van der Waals surface area (Å²) in [5.74, 6) is 0.887. The molecule has 30 heavy (non-hydrogen) atoms. The van der Waals surface area contributed by atoms with Crippen molar-refractivity contribution < 1.29 is 10.0 Å². The highest BCUT2D eigenvalue weighted by molar-refractivity contribution is 7.19.